The van der Waals surface area contributed by atoms with E-state index in [1.165, 1.54) is 11.2 Å². The summed E-state index contributed by atoms with van der Waals surface area (Å²) in [5.41, 5.74) is 2.80. The Hall–Kier alpha value is -2.28. The van der Waals surface area contributed by atoms with E-state index in [4.69, 9.17) is 0 Å². The third-order valence-electron chi connectivity index (χ3n) is 3.45. The summed E-state index contributed by atoms with van der Waals surface area (Å²) in [6.45, 7) is 2.23. The van der Waals surface area contributed by atoms with Crippen LogP contribution in [0.4, 0.5) is 5.69 Å². The number of rotatable bonds is 5. The molecule has 1 aromatic heterocycles. The molecule has 0 atom stereocenters. The summed E-state index contributed by atoms with van der Waals surface area (Å²) in [6.07, 6.45) is 1.20. The van der Waals surface area contributed by atoms with Gasteiger partial charge in [0, 0.05) is 31.7 Å². The number of hydrogen-bond acceptors (Lipinski definition) is 4. The Bertz CT molecular complexity index is 823. The smallest absolute Gasteiger partial charge is 0.269 e. The monoisotopic (exact) mass is 335 g/mol. The SMILES string of the molecule is Cc1ccc(NCc2ccc(C(=O)N(C)C)[nH]2)cc1S(C)(=O)=O. The number of sulfone groups is 1. The van der Waals surface area contributed by atoms with Crippen molar-refractivity contribution in [2.24, 2.45) is 0 Å². The molecule has 2 N–H and O–H groups in total. The normalized spacial score (nSPS) is 11.3. The number of H-pyrrole nitrogens is 1. The molecule has 0 bridgehead atoms. The molecular formula is C16H21N3O3S. The molecule has 0 fully saturated rings. The van der Waals surface area contributed by atoms with Crippen LogP contribution in [0.5, 0.6) is 0 Å². The molecule has 0 aliphatic rings. The van der Waals surface area contributed by atoms with Gasteiger partial charge in [0.05, 0.1) is 11.4 Å². The lowest BCUT2D eigenvalue weighted by Gasteiger charge is -2.10. The zero-order valence-corrected chi connectivity index (χ0v) is 14.5. The van der Waals surface area contributed by atoms with Gasteiger partial charge < -0.3 is 15.2 Å². The molecule has 124 valence electrons. The lowest BCUT2D eigenvalue weighted by Crippen LogP contribution is -2.22. The average Bonchev–Trinajstić information content (AvgIpc) is 2.93. The van der Waals surface area contributed by atoms with Crippen LogP contribution >= 0.6 is 0 Å². The van der Waals surface area contributed by atoms with Crippen molar-refractivity contribution in [1.82, 2.24) is 9.88 Å². The molecule has 23 heavy (non-hydrogen) atoms. The van der Waals surface area contributed by atoms with Crippen LogP contribution in [0.1, 0.15) is 21.7 Å². The minimum absolute atomic E-state index is 0.0917. The summed E-state index contributed by atoms with van der Waals surface area (Å²) in [5, 5.41) is 3.16. The summed E-state index contributed by atoms with van der Waals surface area (Å²) in [7, 11) is 0.136. The van der Waals surface area contributed by atoms with Crippen LogP contribution in [0.3, 0.4) is 0 Å². The molecule has 1 amide bonds. The van der Waals surface area contributed by atoms with Gasteiger partial charge in [-0.25, -0.2) is 8.42 Å². The predicted molar refractivity (Wildman–Crippen MR) is 90.4 cm³/mol. The molecule has 0 unspecified atom stereocenters. The number of anilines is 1. The minimum atomic E-state index is -3.25. The van der Waals surface area contributed by atoms with Crippen molar-refractivity contribution in [2.75, 3.05) is 25.7 Å². The Labute approximate surface area is 136 Å². The summed E-state index contributed by atoms with van der Waals surface area (Å²) in [5.74, 6) is -0.0917. The fourth-order valence-corrected chi connectivity index (χ4v) is 3.21. The van der Waals surface area contributed by atoms with Gasteiger partial charge in [0.2, 0.25) is 0 Å². The summed E-state index contributed by atoms with van der Waals surface area (Å²) < 4.78 is 23.5. The Morgan fingerprint density at radius 2 is 1.91 bits per heavy atom. The number of nitrogens with zero attached hydrogens (tertiary/aromatic N) is 1. The van der Waals surface area contributed by atoms with E-state index in [1.54, 1.807) is 39.2 Å². The van der Waals surface area contributed by atoms with Gasteiger partial charge in [0.15, 0.2) is 9.84 Å². The van der Waals surface area contributed by atoms with E-state index < -0.39 is 9.84 Å². The molecule has 7 heteroatoms. The van der Waals surface area contributed by atoms with Gasteiger partial charge >= 0.3 is 0 Å². The Kier molecular flexibility index (Phi) is 4.79. The average molecular weight is 335 g/mol. The van der Waals surface area contributed by atoms with E-state index in [1.807, 2.05) is 12.1 Å². The molecule has 2 aromatic rings. The molecule has 2 rings (SSSR count). The molecular weight excluding hydrogens is 314 g/mol. The third kappa shape index (κ3) is 4.13. The van der Waals surface area contributed by atoms with Crippen LogP contribution in [-0.2, 0) is 16.4 Å². The fourth-order valence-electron chi connectivity index (χ4n) is 2.22. The first kappa shape index (κ1) is 17.1. The highest BCUT2D eigenvalue weighted by molar-refractivity contribution is 7.90. The van der Waals surface area contributed by atoms with E-state index in [9.17, 15) is 13.2 Å². The van der Waals surface area contributed by atoms with Crippen molar-refractivity contribution in [1.29, 1.82) is 0 Å². The van der Waals surface area contributed by atoms with Crippen molar-refractivity contribution in [3.8, 4) is 0 Å². The Balaban J connectivity index is 2.12. The van der Waals surface area contributed by atoms with Crippen LogP contribution in [-0.4, -0.2) is 44.6 Å². The number of aryl methyl sites for hydroxylation is 1. The van der Waals surface area contributed by atoms with Gasteiger partial charge in [0.1, 0.15) is 5.69 Å². The maximum atomic E-state index is 11.8. The van der Waals surface area contributed by atoms with Crippen molar-refractivity contribution >= 4 is 21.4 Å². The predicted octanol–water partition coefficient (Wildman–Crippen LogP) is 2.04. The summed E-state index contributed by atoms with van der Waals surface area (Å²) in [6, 6.07) is 8.79. The number of benzene rings is 1. The maximum absolute atomic E-state index is 11.8. The second-order valence-electron chi connectivity index (χ2n) is 5.70. The number of carbonyl (C=O) groups excluding carboxylic acids is 1. The minimum Gasteiger partial charge on any atom is -0.379 e. The van der Waals surface area contributed by atoms with Crippen molar-refractivity contribution < 1.29 is 13.2 Å². The Morgan fingerprint density at radius 1 is 1.22 bits per heavy atom. The van der Waals surface area contributed by atoms with Crippen molar-refractivity contribution in [3.63, 3.8) is 0 Å². The number of amides is 1. The lowest BCUT2D eigenvalue weighted by molar-refractivity contribution is 0.0822. The zero-order valence-electron chi connectivity index (χ0n) is 13.7. The quantitative estimate of drug-likeness (QED) is 0.876. The highest BCUT2D eigenvalue weighted by atomic mass is 32.2. The number of aromatic amines is 1. The first-order chi connectivity index (χ1) is 10.7. The van der Waals surface area contributed by atoms with Crippen LogP contribution in [0.25, 0.3) is 0 Å². The molecule has 0 aliphatic carbocycles. The zero-order chi connectivity index (χ0) is 17.2. The summed E-state index contributed by atoms with van der Waals surface area (Å²) >= 11 is 0. The standard InChI is InChI=1S/C16H21N3O3S/c1-11-5-6-12(9-15(11)23(4,21)22)17-10-13-7-8-14(18-13)16(20)19(2)3/h5-9,17-18H,10H2,1-4H3. The van der Waals surface area contributed by atoms with Gasteiger partial charge in [-0.05, 0) is 36.8 Å². The number of nitrogens with one attached hydrogen (secondary N) is 2. The van der Waals surface area contributed by atoms with E-state index in [2.05, 4.69) is 10.3 Å². The second kappa shape index (κ2) is 6.45. The third-order valence-corrected chi connectivity index (χ3v) is 4.69. The molecule has 0 saturated heterocycles. The number of carbonyl (C=O) groups is 1. The van der Waals surface area contributed by atoms with Gasteiger partial charge in [-0.2, -0.15) is 0 Å². The van der Waals surface area contributed by atoms with Gasteiger partial charge in [0.25, 0.3) is 5.91 Å². The van der Waals surface area contributed by atoms with Gasteiger partial charge in [-0.3, -0.25) is 4.79 Å². The Morgan fingerprint density at radius 3 is 2.52 bits per heavy atom. The van der Waals surface area contributed by atoms with Crippen LogP contribution < -0.4 is 5.32 Å². The van der Waals surface area contributed by atoms with Crippen molar-refractivity contribution in [2.45, 2.75) is 18.4 Å². The van der Waals surface area contributed by atoms with E-state index in [0.717, 1.165) is 11.3 Å². The van der Waals surface area contributed by atoms with E-state index >= 15 is 0 Å². The first-order valence-electron chi connectivity index (χ1n) is 7.12. The van der Waals surface area contributed by atoms with Gasteiger partial charge in [-0.15, -0.1) is 0 Å². The highest BCUT2D eigenvalue weighted by Crippen LogP contribution is 2.20. The summed E-state index contributed by atoms with van der Waals surface area (Å²) in [4.78, 5) is 16.7. The van der Waals surface area contributed by atoms with Crippen LogP contribution in [0, 0.1) is 6.92 Å². The molecule has 0 aliphatic heterocycles. The maximum Gasteiger partial charge on any atom is 0.269 e. The van der Waals surface area contributed by atoms with E-state index in [0.29, 0.717) is 22.8 Å². The lowest BCUT2D eigenvalue weighted by atomic mass is 10.2. The van der Waals surface area contributed by atoms with Crippen molar-refractivity contribution in [3.05, 3.63) is 47.3 Å². The second-order valence-corrected chi connectivity index (χ2v) is 7.69. The molecule has 1 heterocycles. The topological polar surface area (TPSA) is 82.3 Å². The first-order valence-corrected chi connectivity index (χ1v) is 9.02. The molecule has 0 saturated carbocycles. The fraction of sp³-hybridized carbons (Fsp3) is 0.312. The molecule has 1 aromatic carbocycles. The van der Waals surface area contributed by atoms with Gasteiger partial charge in [-0.1, -0.05) is 6.07 Å². The van der Waals surface area contributed by atoms with Crippen LogP contribution in [0.2, 0.25) is 0 Å². The highest BCUT2D eigenvalue weighted by Gasteiger charge is 2.12. The molecule has 6 nitrogen and oxygen atoms in total. The largest absolute Gasteiger partial charge is 0.379 e. The molecule has 0 radical (unpaired) electrons. The van der Waals surface area contributed by atoms with E-state index in [-0.39, 0.29) is 5.91 Å². The van der Waals surface area contributed by atoms with Crippen LogP contribution in [0.15, 0.2) is 35.2 Å². The molecule has 0 spiro atoms. The number of hydrogen-bond donors (Lipinski definition) is 2. The number of aromatic nitrogens is 1.